The van der Waals surface area contributed by atoms with Gasteiger partial charge in [0.05, 0.1) is 34.0 Å². The number of halogens is 2. The summed E-state index contributed by atoms with van der Waals surface area (Å²) in [6.07, 6.45) is 5.82. The highest BCUT2D eigenvalue weighted by Gasteiger charge is 2.45. The van der Waals surface area contributed by atoms with Gasteiger partial charge in [0.1, 0.15) is 29.8 Å². The predicted molar refractivity (Wildman–Crippen MR) is 239 cm³/mol. The molecular weight excluding hydrogens is 865 g/mol. The number of rotatable bonds is 15. The molecule has 1 unspecified atom stereocenters. The van der Waals surface area contributed by atoms with Gasteiger partial charge in [0.2, 0.25) is 23.6 Å². The van der Waals surface area contributed by atoms with Crippen LogP contribution in [0.1, 0.15) is 59.2 Å². The minimum Gasteiger partial charge on any atom is -0.491 e. The van der Waals surface area contributed by atoms with Crippen LogP contribution in [0.3, 0.4) is 0 Å². The van der Waals surface area contributed by atoms with Gasteiger partial charge in [-0.25, -0.2) is 14.4 Å². The van der Waals surface area contributed by atoms with Crippen molar-refractivity contribution in [2.45, 2.75) is 55.5 Å². The van der Waals surface area contributed by atoms with Gasteiger partial charge in [0.25, 0.3) is 11.8 Å². The molecule has 19 heteroatoms. The lowest BCUT2D eigenvalue weighted by Gasteiger charge is -2.42. The van der Waals surface area contributed by atoms with Gasteiger partial charge < -0.3 is 25.2 Å². The van der Waals surface area contributed by atoms with E-state index in [0.717, 1.165) is 56.9 Å². The van der Waals surface area contributed by atoms with Gasteiger partial charge in [-0.1, -0.05) is 24.2 Å². The number of piperazine rings is 1. The zero-order valence-corrected chi connectivity index (χ0v) is 36.5. The van der Waals surface area contributed by atoms with Crippen molar-refractivity contribution < 1.29 is 37.9 Å². The van der Waals surface area contributed by atoms with Crippen molar-refractivity contribution in [1.82, 2.24) is 34.9 Å². The summed E-state index contributed by atoms with van der Waals surface area (Å²) in [7, 11) is 0. The molecule has 1 atom stereocenters. The van der Waals surface area contributed by atoms with E-state index in [1.54, 1.807) is 36.4 Å². The van der Waals surface area contributed by atoms with E-state index in [1.165, 1.54) is 36.3 Å². The van der Waals surface area contributed by atoms with E-state index in [1.807, 2.05) is 4.90 Å². The molecule has 4 aromatic rings. The van der Waals surface area contributed by atoms with Gasteiger partial charge in [0.15, 0.2) is 0 Å². The summed E-state index contributed by atoms with van der Waals surface area (Å²) in [4.78, 5) is 93.5. The van der Waals surface area contributed by atoms with Crippen LogP contribution in [0.5, 0.6) is 5.75 Å². The summed E-state index contributed by atoms with van der Waals surface area (Å²) in [6, 6.07) is 12.2. The first-order valence-corrected chi connectivity index (χ1v) is 22.6. The molecule has 0 saturated carbocycles. The molecule has 334 valence electrons. The highest BCUT2D eigenvalue weighted by molar-refractivity contribution is 7.99. The van der Waals surface area contributed by atoms with Crippen LogP contribution in [-0.4, -0.2) is 135 Å². The van der Waals surface area contributed by atoms with Gasteiger partial charge in [-0.3, -0.25) is 43.9 Å². The molecule has 1 aromatic heterocycles. The third kappa shape index (κ3) is 9.89. The molecule has 5 heterocycles. The number of nitrogens with one attached hydrogen (secondary N) is 3. The fraction of sp³-hybridized carbons (Fsp3) is 0.378. The monoisotopic (exact) mass is 911 g/mol. The predicted octanol–water partition coefficient (Wildman–Crippen LogP) is 5.25. The van der Waals surface area contributed by atoms with Crippen molar-refractivity contribution in [2.75, 3.05) is 68.8 Å². The van der Waals surface area contributed by atoms with Crippen LogP contribution < -0.4 is 20.7 Å². The maximum Gasteiger partial charge on any atom is 0.263 e. The number of hydrogen-bond acceptors (Lipinski definition) is 13. The number of aromatic nitrogens is 2. The quantitative estimate of drug-likeness (QED) is 0.0609. The smallest absolute Gasteiger partial charge is 0.263 e. The van der Waals surface area contributed by atoms with E-state index >= 15 is 0 Å². The molecule has 0 spiro atoms. The average Bonchev–Trinajstić information content (AvgIpc) is 3.55. The molecule has 0 radical (unpaired) electrons. The molecule has 3 N–H and O–H groups in total. The van der Waals surface area contributed by atoms with Gasteiger partial charge in [0, 0.05) is 79.4 Å². The molecule has 3 saturated heterocycles. The number of amides is 6. The third-order valence-corrected chi connectivity index (χ3v) is 13.3. The Bertz CT molecular complexity index is 2510. The Labute approximate surface area is 377 Å². The van der Waals surface area contributed by atoms with Crippen molar-refractivity contribution >= 4 is 86.9 Å². The number of carbonyl (C=O) groups is 6. The molecule has 6 amide bonds. The van der Waals surface area contributed by atoms with Crippen molar-refractivity contribution in [3.8, 4) is 5.75 Å². The van der Waals surface area contributed by atoms with E-state index < -0.39 is 41.4 Å². The topological polar surface area (TPSA) is 186 Å². The Kier molecular flexibility index (Phi) is 13.8. The number of hydrogen-bond donors (Lipinski definition) is 3. The number of anilines is 3. The molecule has 0 aliphatic carbocycles. The molecule has 4 aliphatic rings. The van der Waals surface area contributed by atoms with Gasteiger partial charge >= 0.3 is 0 Å². The second-order valence-electron chi connectivity index (χ2n) is 16.0. The number of nitrogens with zero attached hydrogens (tertiary/aromatic N) is 6. The Hall–Kier alpha value is -5.95. The molecule has 8 rings (SSSR count). The van der Waals surface area contributed by atoms with Crippen molar-refractivity contribution in [3.05, 3.63) is 89.5 Å². The Morgan fingerprint density at radius 2 is 1.78 bits per heavy atom. The van der Waals surface area contributed by atoms with E-state index in [9.17, 15) is 33.2 Å². The summed E-state index contributed by atoms with van der Waals surface area (Å²) >= 11 is 7.32. The summed E-state index contributed by atoms with van der Waals surface area (Å²) in [5, 5.41) is 8.76. The van der Waals surface area contributed by atoms with Crippen LogP contribution >= 0.6 is 23.4 Å². The Balaban J connectivity index is 0.765. The van der Waals surface area contributed by atoms with Gasteiger partial charge in [-0.2, -0.15) is 0 Å². The number of ether oxygens (including phenoxy) is 1. The molecule has 0 bridgehead atoms. The minimum absolute atomic E-state index is 0.0307. The van der Waals surface area contributed by atoms with E-state index in [2.05, 4.69) is 42.3 Å². The van der Waals surface area contributed by atoms with E-state index in [4.69, 9.17) is 16.3 Å². The van der Waals surface area contributed by atoms with Crippen molar-refractivity contribution in [1.29, 1.82) is 0 Å². The number of fused-ring (bicyclic) bond motifs is 2. The number of piperidine rings is 2. The standard InChI is InChI=1S/C45H47ClFN9O7S/c1-2-38(57)51-34-24-30-33(48-26-49-42(30)50-27-7-8-32(47)31(46)23-27)25-36(34)63-21-4-14-53-15-11-28(12-16-53)54-17-19-55(20-18-54)40(59)13-22-64-37-6-3-5-29-41(37)45(62)56(44(29)61)35-9-10-39(58)52-43(35)60/h2-3,5-8,23-26,28,35H,1,4,9-22H2,(H,51,57)(H,48,49,50)(H,52,58,60). The molecular formula is C45H47ClFN9O7S. The maximum absolute atomic E-state index is 13.8. The summed E-state index contributed by atoms with van der Waals surface area (Å²) in [5.41, 5.74) is 2.01. The normalized spacial score (nSPS) is 18.6. The van der Waals surface area contributed by atoms with Crippen LogP contribution in [-0.2, 0) is 19.2 Å². The van der Waals surface area contributed by atoms with E-state index in [0.29, 0.717) is 70.2 Å². The van der Waals surface area contributed by atoms with Gasteiger partial charge in [-0.05, 0) is 81.2 Å². The number of thioether (sulfide) groups is 1. The Morgan fingerprint density at radius 3 is 2.53 bits per heavy atom. The second-order valence-corrected chi connectivity index (χ2v) is 17.5. The van der Waals surface area contributed by atoms with Crippen LogP contribution in [0.25, 0.3) is 10.9 Å². The largest absolute Gasteiger partial charge is 0.491 e. The lowest BCUT2D eigenvalue weighted by Crippen LogP contribution is -2.54. The van der Waals surface area contributed by atoms with Crippen LogP contribution in [0.15, 0.2) is 72.4 Å². The lowest BCUT2D eigenvalue weighted by atomic mass is 10.0. The first kappa shape index (κ1) is 44.6. The molecule has 3 aromatic carbocycles. The molecule has 4 aliphatic heterocycles. The molecule has 3 fully saturated rings. The average molecular weight is 912 g/mol. The number of carbonyl (C=O) groups excluding carboxylic acids is 6. The number of imide groups is 2. The fourth-order valence-electron chi connectivity index (χ4n) is 8.62. The SMILES string of the molecule is C=CC(=O)Nc1cc2c(Nc3ccc(F)c(Cl)c3)ncnc2cc1OCCCN1CCC(N2CCN(C(=O)CCSc3cccc4c3C(=O)N(C3CCC(=O)NC3=O)C4=O)CC2)CC1. The first-order chi connectivity index (χ1) is 31.0. The summed E-state index contributed by atoms with van der Waals surface area (Å²) in [6.45, 7) is 9.62. The maximum atomic E-state index is 13.8. The highest BCUT2D eigenvalue weighted by atomic mass is 35.5. The summed E-state index contributed by atoms with van der Waals surface area (Å²) in [5.74, 6) is -1.74. The number of benzene rings is 3. The minimum atomic E-state index is -1.03. The molecule has 16 nitrogen and oxygen atoms in total. The summed E-state index contributed by atoms with van der Waals surface area (Å²) < 4.78 is 20.0. The van der Waals surface area contributed by atoms with Crippen LogP contribution in [0, 0.1) is 5.82 Å². The second kappa shape index (κ2) is 19.8. The van der Waals surface area contributed by atoms with Crippen LogP contribution in [0.4, 0.5) is 21.6 Å². The highest BCUT2D eigenvalue weighted by Crippen LogP contribution is 2.36. The third-order valence-electron chi connectivity index (χ3n) is 12.0. The van der Waals surface area contributed by atoms with Crippen molar-refractivity contribution in [2.24, 2.45) is 0 Å². The first-order valence-electron chi connectivity index (χ1n) is 21.3. The van der Waals surface area contributed by atoms with Crippen molar-refractivity contribution in [3.63, 3.8) is 0 Å². The van der Waals surface area contributed by atoms with Crippen LogP contribution in [0.2, 0.25) is 5.02 Å². The fourth-order valence-corrected chi connectivity index (χ4v) is 9.81. The number of likely N-dealkylation sites (tertiary alicyclic amines) is 1. The zero-order valence-electron chi connectivity index (χ0n) is 34.9. The molecule has 64 heavy (non-hydrogen) atoms. The Morgan fingerprint density at radius 1 is 0.984 bits per heavy atom. The lowest BCUT2D eigenvalue weighted by molar-refractivity contribution is -0.136. The van der Waals surface area contributed by atoms with E-state index in [-0.39, 0.29) is 41.3 Å². The van der Waals surface area contributed by atoms with Gasteiger partial charge in [-0.15, -0.1) is 11.8 Å². The zero-order chi connectivity index (χ0) is 44.9.